The molecule has 0 saturated carbocycles. The molecular formula is C4H13NaO4S. The summed E-state index contributed by atoms with van der Waals surface area (Å²) in [5.41, 5.74) is 0. The summed E-state index contributed by atoms with van der Waals surface area (Å²) in [6.45, 7) is 1.33. The molecule has 0 aromatic carbocycles. The Morgan fingerprint density at radius 3 is 1.70 bits per heavy atom. The minimum Gasteiger partial charge on any atom is -0.726 e. The summed E-state index contributed by atoms with van der Waals surface area (Å²) in [5, 5.41) is 0. The number of rotatable bonds is 2. The summed E-state index contributed by atoms with van der Waals surface area (Å²) < 4.78 is 32.0. The van der Waals surface area contributed by atoms with Crippen LogP contribution in [0.15, 0.2) is 0 Å². The predicted octanol–water partition coefficient (Wildman–Crippen LogP) is -2.24. The zero-order valence-electron chi connectivity index (χ0n) is 4.75. The molecule has 0 saturated heterocycles. The van der Waals surface area contributed by atoms with Gasteiger partial charge in [0.15, 0.2) is 0 Å². The molecule has 0 rings (SSSR count). The molecule has 0 heterocycles. The Bertz CT molecular complexity index is 130. The summed E-state index contributed by atoms with van der Waals surface area (Å²) in [6.07, 6.45) is 0. The van der Waals surface area contributed by atoms with E-state index in [1.165, 1.54) is 6.92 Å². The summed E-state index contributed by atoms with van der Waals surface area (Å²) in [5.74, 6) is 0. The maximum atomic E-state index is 9.45. The van der Waals surface area contributed by atoms with Crippen molar-refractivity contribution in [3.8, 4) is 0 Å². The standard InChI is InChI=1S/C2H6O4S.2CH4.Na/c1-2-6-7(3,4)5;;;/h2H2,1H3,(H,3,4,5);2*1H4;/q;;;+1/p-1. The van der Waals surface area contributed by atoms with Gasteiger partial charge in [0.1, 0.15) is 0 Å². The maximum Gasteiger partial charge on any atom is 1.00 e. The first-order valence-corrected chi connectivity index (χ1v) is 3.00. The van der Waals surface area contributed by atoms with Crippen molar-refractivity contribution in [3.63, 3.8) is 0 Å². The molecule has 60 valence electrons. The van der Waals surface area contributed by atoms with Crippen LogP contribution in [0.3, 0.4) is 0 Å². The molecule has 0 N–H and O–H groups in total. The van der Waals surface area contributed by atoms with E-state index in [9.17, 15) is 13.0 Å². The van der Waals surface area contributed by atoms with E-state index in [0.29, 0.717) is 0 Å². The van der Waals surface area contributed by atoms with Gasteiger partial charge in [-0.3, -0.25) is 4.18 Å². The third kappa shape index (κ3) is 23.2. The molecule has 0 aromatic rings. The molecule has 0 aliphatic rings. The first-order valence-electron chi connectivity index (χ1n) is 1.66. The van der Waals surface area contributed by atoms with E-state index < -0.39 is 10.4 Å². The molecule has 0 bridgehead atoms. The van der Waals surface area contributed by atoms with E-state index in [0.717, 1.165) is 0 Å². The first kappa shape index (κ1) is 22.4. The van der Waals surface area contributed by atoms with Gasteiger partial charge in [0.2, 0.25) is 10.4 Å². The number of hydrogen-bond donors (Lipinski definition) is 0. The van der Waals surface area contributed by atoms with Crippen molar-refractivity contribution in [2.45, 2.75) is 21.8 Å². The Kier molecular flexibility index (Phi) is 22.1. The molecule has 10 heavy (non-hydrogen) atoms. The van der Waals surface area contributed by atoms with E-state index in [2.05, 4.69) is 4.18 Å². The van der Waals surface area contributed by atoms with E-state index in [-0.39, 0.29) is 51.0 Å². The van der Waals surface area contributed by atoms with Crippen LogP contribution in [0.2, 0.25) is 0 Å². The summed E-state index contributed by atoms with van der Waals surface area (Å²) in [4.78, 5) is 0. The van der Waals surface area contributed by atoms with Crippen LogP contribution in [0.5, 0.6) is 0 Å². The van der Waals surface area contributed by atoms with E-state index in [4.69, 9.17) is 0 Å². The van der Waals surface area contributed by atoms with Gasteiger partial charge in [-0.1, -0.05) is 14.9 Å². The van der Waals surface area contributed by atoms with Gasteiger partial charge >= 0.3 is 29.6 Å². The van der Waals surface area contributed by atoms with Crippen LogP contribution in [0.4, 0.5) is 0 Å². The zero-order chi connectivity index (χ0) is 5.91. The Hall–Kier alpha value is 0.870. The quantitative estimate of drug-likeness (QED) is 0.274. The Morgan fingerprint density at radius 1 is 1.40 bits per heavy atom. The van der Waals surface area contributed by atoms with Crippen LogP contribution in [0.1, 0.15) is 21.8 Å². The summed E-state index contributed by atoms with van der Waals surface area (Å²) in [7, 11) is -4.42. The Labute approximate surface area is 85.2 Å². The third-order valence-electron chi connectivity index (χ3n) is 0.262. The van der Waals surface area contributed by atoms with Crippen LogP contribution >= 0.6 is 0 Å². The zero-order valence-corrected chi connectivity index (χ0v) is 7.56. The second-order valence-corrected chi connectivity index (χ2v) is 1.87. The second kappa shape index (κ2) is 9.87. The van der Waals surface area contributed by atoms with Crippen molar-refractivity contribution in [1.82, 2.24) is 0 Å². The van der Waals surface area contributed by atoms with Gasteiger partial charge in [0, 0.05) is 0 Å². The van der Waals surface area contributed by atoms with Gasteiger partial charge in [0.25, 0.3) is 0 Å². The average molecular weight is 180 g/mol. The fraction of sp³-hybridized carbons (Fsp3) is 1.00. The normalized spacial score (nSPS) is 8.20. The van der Waals surface area contributed by atoms with Crippen LogP contribution in [0.25, 0.3) is 0 Å². The average Bonchev–Trinajstić information content (AvgIpc) is 1.30. The Morgan fingerprint density at radius 2 is 1.70 bits per heavy atom. The van der Waals surface area contributed by atoms with Crippen LogP contribution in [-0.2, 0) is 14.6 Å². The van der Waals surface area contributed by atoms with Crippen LogP contribution in [0, 0.1) is 0 Å². The molecule has 0 aliphatic carbocycles. The fourth-order valence-electron chi connectivity index (χ4n) is 0.144. The molecule has 0 atom stereocenters. The van der Waals surface area contributed by atoms with E-state index >= 15 is 0 Å². The van der Waals surface area contributed by atoms with Crippen molar-refractivity contribution in [2.75, 3.05) is 6.61 Å². The predicted molar refractivity (Wildman–Crippen MR) is 34.8 cm³/mol. The summed E-state index contributed by atoms with van der Waals surface area (Å²) in [6, 6.07) is 0. The smallest absolute Gasteiger partial charge is 0.726 e. The van der Waals surface area contributed by atoms with Crippen molar-refractivity contribution in [3.05, 3.63) is 0 Å². The summed E-state index contributed by atoms with van der Waals surface area (Å²) >= 11 is 0. The van der Waals surface area contributed by atoms with Crippen LogP contribution < -0.4 is 29.6 Å². The second-order valence-electron chi connectivity index (χ2n) is 0.815. The maximum absolute atomic E-state index is 9.45. The molecule has 0 fully saturated rings. The van der Waals surface area contributed by atoms with Gasteiger partial charge in [0.05, 0.1) is 6.61 Å². The topological polar surface area (TPSA) is 66.4 Å². The third-order valence-corrected chi connectivity index (χ3v) is 0.787. The monoisotopic (exact) mass is 180 g/mol. The van der Waals surface area contributed by atoms with Gasteiger partial charge in [-0.2, -0.15) is 0 Å². The largest absolute Gasteiger partial charge is 1.00 e. The van der Waals surface area contributed by atoms with Gasteiger partial charge < -0.3 is 4.55 Å². The van der Waals surface area contributed by atoms with Gasteiger partial charge in [-0.25, -0.2) is 8.42 Å². The SMILES string of the molecule is C.C.CCOS(=O)(=O)[O-].[Na+]. The molecular weight excluding hydrogens is 167 g/mol. The Balaban J connectivity index is -0.0000000600. The van der Waals surface area contributed by atoms with Crippen molar-refractivity contribution < 1.29 is 46.7 Å². The van der Waals surface area contributed by atoms with Crippen molar-refractivity contribution in [1.29, 1.82) is 0 Å². The van der Waals surface area contributed by atoms with Crippen molar-refractivity contribution in [2.24, 2.45) is 0 Å². The first-order chi connectivity index (χ1) is 3.06. The number of hydrogen-bond acceptors (Lipinski definition) is 4. The minimum atomic E-state index is -4.42. The molecule has 0 aliphatic heterocycles. The van der Waals surface area contributed by atoms with E-state index in [1.54, 1.807) is 0 Å². The fourth-order valence-corrected chi connectivity index (χ4v) is 0.433. The van der Waals surface area contributed by atoms with Crippen molar-refractivity contribution >= 4 is 10.4 Å². The molecule has 6 heteroatoms. The molecule has 0 radical (unpaired) electrons. The molecule has 0 spiro atoms. The van der Waals surface area contributed by atoms with E-state index in [1.807, 2.05) is 0 Å². The minimum absolute atomic E-state index is 0. The van der Waals surface area contributed by atoms with Gasteiger partial charge in [-0.05, 0) is 6.92 Å². The van der Waals surface area contributed by atoms with Crippen LogP contribution in [-0.4, -0.2) is 19.6 Å². The molecule has 4 nitrogen and oxygen atoms in total. The molecule has 0 aromatic heterocycles. The molecule has 0 amide bonds. The molecule has 0 unspecified atom stereocenters. The van der Waals surface area contributed by atoms with Gasteiger partial charge in [-0.15, -0.1) is 0 Å².